The molecule has 20 heavy (non-hydrogen) atoms. The summed E-state index contributed by atoms with van der Waals surface area (Å²) in [6.07, 6.45) is 5.77. The molecule has 1 heterocycles. The molecule has 1 saturated heterocycles. The first-order valence-electron chi connectivity index (χ1n) is 7.39. The average Bonchev–Trinajstić information content (AvgIpc) is 3.04. The molecule has 2 aliphatic rings. The van der Waals surface area contributed by atoms with Crippen LogP contribution >= 0.6 is 11.8 Å². The number of hydrogen-bond acceptors (Lipinski definition) is 3. The number of hydrogen-bond donors (Lipinski definition) is 1. The van der Waals surface area contributed by atoms with Crippen LogP contribution < -0.4 is 5.32 Å². The molecule has 0 aromatic heterocycles. The molecule has 4 heteroatoms. The molecular formula is C16H22N2OS. The van der Waals surface area contributed by atoms with Crippen LogP contribution in [0.2, 0.25) is 0 Å². The predicted molar refractivity (Wildman–Crippen MR) is 82.6 cm³/mol. The summed E-state index contributed by atoms with van der Waals surface area (Å²) >= 11 is 1.75. The lowest BCUT2D eigenvalue weighted by atomic mass is 10.0. The van der Waals surface area contributed by atoms with Crippen LogP contribution in [0.5, 0.6) is 0 Å². The monoisotopic (exact) mass is 290 g/mol. The van der Waals surface area contributed by atoms with Crippen molar-refractivity contribution in [3.8, 4) is 0 Å². The lowest BCUT2D eigenvalue weighted by molar-refractivity contribution is -0.131. The normalized spacial score (nSPS) is 30.2. The second-order valence-electron chi connectivity index (χ2n) is 5.83. The Morgan fingerprint density at radius 2 is 2.00 bits per heavy atom. The molecule has 1 amide bonds. The van der Waals surface area contributed by atoms with Crippen LogP contribution in [-0.2, 0) is 4.79 Å². The van der Waals surface area contributed by atoms with Gasteiger partial charge >= 0.3 is 0 Å². The van der Waals surface area contributed by atoms with Gasteiger partial charge in [0, 0.05) is 10.9 Å². The summed E-state index contributed by atoms with van der Waals surface area (Å²) in [5, 5.41) is 3.38. The molecule has 1 aliphatic carbocycles. The number of benzene rings is 1. The van der Waals surface area contributed by atoms with Crippen molar-refractivity contribution in [2.24, 2.45) is 5.92 Å². The number of nitrogens with one attached hydrogen (secondary N) is 1. The molecule has 1 aliphatic heterocycles. The third-order valence-corrected chi connectivity index (χ3v) is 5.36. The molecule has 108 valence electrons. The van der Waals surface area contributed by atoms with Gasteiger partial charge in [-0.3, -0.25) is 10.1 Å². The first-order chi connectivity index (χ1) is 9.70. The van der Waals surface area contributed by atoms with E-state index in [1.165, 1.54) is 23.3 Å². The van der Waals surface area contributed by atoms with Crippen molar-refractivity contribution in [2.75, 3.05) is 12.8 Å². The first kappa shape index (κ1) is 14.0. The van der Waals surface area contributed by atoms with Crippen molar-refractivity contribution in [3.63, 3.8) is 0 Å². The molecular weight excluding hydrogens is 268 g/mol. The number of amides is 1. The fourth-order valence-electron chi connectivity index (χ4n) is 3.50. The second kappa shape index (κ2) is 5.78. The zero-order valence-electron chi connectivity index (χ0n) is 12.1. The molecule has 1 aromatic carbocycles. The Balaban J connectivity index is 1.85. The van der Waals surface area contributed by atoms with Crippen LogP contribution in [0.25, 0.3) is 0 Å². The fourth-order valence-corrected chi connectivity index (χ4v) is 3.91. The van der Waals surface area contributed by atoms with Gasteiger partial charge in [-0.15, -0.1) is 11.8 Å². The van der Waals surface area contributed by atoms with Crippen LogP contribution in [0.1, 0.15) is 37.9 Å². The van der Waals surface area contributed by atoms with Gasteiger partial charge in [0.25, 0.3) is 0 Å². The predicted octanol–water partition coefficient (Wildman–Crippen LogP) is 3.03. The summed E-state index contributed by atoms with van der Waals surface area (Å²) in [6, 6.07) is 8.98. The molecule has 0 spiro atoms. The Morgan fingerprint density at radius 1 is 1.25 bits per heavy atom. The van der Waals surface area contributed by atoms with E-state index in [2.05, 4.69) is 47.7 Å². The maximum atomic E-state index is 12.3. The minimum Gasteiger partial charge on any atom is -0.319 e. The number of thioether (sulfide) groups is 1. The summed E-state index contributed by atoms with van der Waals surface area (Å²) in [7, 11) is 0. The van der Waals surface area contributed by atoms with Gasteiger partial charge in [0.05, 0.1) is 6.54 Å². The number of rotatable bonds is 3. The molecule has 2 fully saturated rings. The Kier molecular flexibility index (Phi) is 4.03. The first-order valence-corrected chi connectivity index (χ1v) is 8.61. The van der Waals surface area contributed by atoms with Crippen molar-refractivity contribution in [3.05, 3.63) is 29.8 Å². The van der Waals surface area contributed by atoms with Gasteiger partial charge in [0.15, 0.2) is 0 Å². The zero-order chi connectivity index (χ0) is 14.1. The van der Waals surface area contributed by atoms with Crippen molar-refractivity contribution in [1.82, 2.24) is 10.2 Å². The summed E-state index contributed by atoms with van der Waals surface area (Å²) < 4.78 is 0. The lowest BCUT2D eigenvalue weighted by Crippen LogP contribution is -2.41. The van der Waals surface area contributed by atoms with E-state index in [0.717, 1.165) is 6.42 Å². The van der Waals surface area contributed by atoms with Gasteiger partial charge in [0.1, 0.15) is 6.17 Å². The molecule has 3 unspecified atom stereocenters. The van der Waals surface area contributed by atoms with Gasteiger partial charge in [-0.2, -0.15) is 0 Å². The maximum absolute atomic E-state index is 12.3. The van der Waals surface area contributed by atoms with E-state index in [1.807, 2.05) is 0 Å². The standard InChI is InChI=1S/C16H22N2OS/c1-11-4-3-5-14(11)18-15(19)10-17-16(18)12-6-8-13(20-2)9-7-12/h6-9,11,14,16-17H,3-5,10H2,1-2H3. The molecule has 0 radical (unpaired) electrons. The van der Waals surface area contributed by atoms with Crippen LogP contribution in [0, 0.1) is 5.92 Å². The Bertz CT molecular complexity index is 488. The van der Waals surface area contributed by atoms with E-state index in [1.54, 1.807) is 11.8 Å². The van der Waals surface area contributed by atoms with E-state index in [4.69, 9.17) is 0 Å². The van der Waals surface area contributed by atoms with Crippen LogP contribution in [0.3, 0.4) is 0 Å². The Morgan fingerprint density at radius 3 is 2.60 bits per heavy atom. The van der Waals surface area contributed by atoms with E-state index in [-0.39, 0.29) is 12.1 Å². The highest BCUT2D eigenvalue weighted by molar-refractivity contribution is 7.98. The van der Waals surface area contributed by atoms with Crippen molar-refractivity contribution in [1.29, 1.82) is 0 Å². The summed E-state index contributed by atoms with van der Waals surface area (Å²) in [5.74, 6) is 0.870. The van der Waals surface area contributed by atoms with E-state index in [0.29, 0.717) is 18.5 Å². The van der Waals surface area contributed by atoms with Crippen molar-refractivity contribution < 1.29 is 4.79 Å². The number of nitrogens with zero attached hydrogens (tertiary/aromatic N) is 1. The lowest BCUT2D eigenvalue weighted by Gasteiger charge is -2.33. The Labute approximate surface area is 125 Å². The van der Waals surface area contributed by atoms with Crippen LogP contribution in [0.15, 0.2) is 29.2 Å². The van der Waals surface area contributed by atoms with Gasteiger partial charge in [-0.1, -0.05) is 25.5 Å². The number of carbonyl (C=O) groups is 1. The van der Waals surface area contributed by atoms with Gasteiger partial charge in [0.2, 0.25) is 5.91 Å². The molecule has 0 bridgehead atoms. The van der Waals surface area contributed by atoms with Crippen LogP contribution in [0.4, 0.5) is 0 Å². The van der Waals surface area contributed by atoms with Crippen LogP contribution in [-0.4, -0.2) is 29.6 Å². The van der Waals surface area contributed by atoms with Gasteiger partial charge in [-0.25, -0.2) is 0 Å². The van der Waals surface area contributed by atoms with Crippen molar-refractivity contribution in [2.45, 2.75) is 43.3 Å². The molecule has 3 nitrogen and oxygen atoms in total. The second-order valence-corrected chi connectivity index (χ2v) is 6.71. The molecule has 3 atom stereocenters. The third-order valence-electron chi connectivity index (χ3n) is 4.62. The zero-order valence-corrected chi connectivity index (χ0v) is 13.0. The average molecular weight is 290 g/mol. The molecule has 1 aromatic rings. The molecule has 1 saturated carbocycles. The van der Waals surface area contributed by atoms with Gasteiger partial charge < -0.3 is 4.90 Å². The largest absolute Gasteiger partial charge is 0.319 e. The molecule has 1 N–H and O–H groups in total. The molecule has 3 rings (SSSR count). The van der Waals surface area contributed by atoms with E-state index in [9.17, 15) is 4.79 Å². The number of carbonyl (C=O) groups excluding carboxylic acids is 1. The Hall–Kier alpha value is -1.00. The smallest absolute Gasteiger partial charge is 0.238 e. The quantitative estimate of drug-likeness (QED) is 0.869. The minimum absolute atomic E-state index is 0.0592. The minimum atomic E-state index is 0.0592. The fraction of sp³-hybridized carbons (Fsp3) is 0.562. The van der Waals surface area contributed by atoms with E-state index < -0.39 is 0 Å². The van der Waals surface area contributed by atoms with Crippen molar-refractivity contribution >= 4 is 17.7 Å². The third kappa shape index (κ3) is 2.47. The summed E-state index contributed by atoms with van der Waals surface area (Å²) in [6.45, 7) is 2.75. The summed E-state index contributed by atoms with van der Waals surface area (Å²) in [5.41, 5.74) is 1.20. The SMILES string of the molecule is CSc1ccc(C2NCC(=O)N2C2CCCC2C)cc1. The van der Waals surface area contributed by atoms with E-state index >= 15 is 0 Å². The summed E-state index contributed by atoms with van der Waals surface area (Å²) in [4.78, 5) is 15.6. The highest BCUT2D eigenvalue weighted by Gasteiger charge is 2.40. The highest BCUT2D eigenvalue weighted by Crippen LogP contribution is 2.36. The highest BCUT2D eigenvalue weighted by atomic mass is 32.2. The topological polar surface area (TPSA) is 32.3 Å². The maximum Gasteiger partial charge on any atom is 0.238 e. The van der Waals surface area contributed by atoms with Gasteiger partial charge in [-0.05, 0) is 42.7 Å².